The third-order valence-electron chi connectivity index (χ3n) is 6.00. The molecule has 6 heteroatoms. The van der Waals surface area contributed by atoms with Crippen molar-refractivity contribution in [1.82, 2.24) is 14.9 Å². The molecule has 2 unspecified atom stereocenters. The number of nitrogens with zero attached hydrogens (tertiary/aromatic N) is 2. The first-order valence-corrected chi connectivity index (χ1v) is 10.1. The van der Waals surface area contributed by atoms with Gasteiger partial charge in [-0.05, 0) is 35.5 Å². The van der Waals surface area contributed by atoms with Gasteiger partial charge in [-0.15, -0.1) is 6.07 Å². The summed E-state index contributed by atoms with van der Waals surface area (Å²) in [6.45, 7) is 6.87. The Balaban J connectivity index is 0.00000256. The largest absolute Gasteiger partial charge is 0.372 e. The SMILES string of the molecule is C[CH-]CCC(C)C(C)N1Cc2c(cccc2-c2nc3[c-]cccc3[nH]c2=O)C1=O.[Y]. The molecule has 0 aliphatic carbocycles. The molecule has 3 aromatic rings. The summed E-state index contributed by atoms with van der Waals surface area (Å²) in [5.41, 5.74) is 3.62. The van der Waals surface area contributed by atoms with Crippen LogP contribution in [0.3, 0.4) is 0 Å². The quantitative estimate of drug-likeness (QED) is 0.538. The van der Waals surface area contributed by atoms with Gasteiger partial charge in [0, 0.05) is 56.4 Å². The number of aromatic nitrogens is 2. The van der Waals surface area contributed by atoms with E-state index in [4.69, 9.17) is 0 Å². The van der Waals surface area contributed by atoms with Crippen molar-refractivity contribution in [1.29, 1.82) is 0 Å². The van der Waals surface area contributed by atoms with Crippen molar-refractivity contribution >= 4 is 16.9 Å². The number of para-hydroxylation sites is 1. The van der Waals surface area contributed by atoms with E-state index < -0.39 is 0 Å². The van der Waals surface area contributed by atoms with Gasteiger partial charge in [0.25, 0.3) is 11.5 Å². The van der Waals surface area contributed by atoms with Crippen LogP contribution in [-0.2, 0) is 39.3 Å². The van der Waals surface area contributed by atoms with Crippen LogP contribution in [0.2, 0.25) is 0 Å². The molecule has 1 radical (unpaired) electrons. The van der Waals surface area contributed by atoms with E-state index in [2.05, 4.69) is 43.2 Å². The van der Waals surface area contributed by atoms with Crippen molar-refractivity contribution in [2.24, 2.45) is 5.92 Å². The fourth-order valence-corrected chi connectivity index (χ4v) is 4.03. The number of hydrogen-bond donors (Lipinski definition) is 1. The molecule has 153 valence electrons. The van der Waals surface area contributed by atoms with Gasteiger partial charge in [-0.25, -0.2) is 0 Å². The molecule has 2 aromatic carbocycles. The van der Waals surface area contributed by atoms with Gasteiger partial charge in [-0.3, -0.25) is 14.6 Å². The number of amides is 1. The average molecular weight is 476 g/mol. The molecule has 0 saturated carbocycles. The minimum Gasteiger partial charge on any atom is -0.372 e. The number of nitrogens with one attached hydrogen (secondary N) is 1. The molecule has 2 heterocycles. The Labute approximate surface area is 202 Å². The van der Waals surface area contributed by atoms with E-state index in [9.17, 15) is 9.59 Å². The zero-order valence-corrected chi connectivity index (χ0v) is 20.4. The first kappa shape index (κ1) is 22.8. The summed E-state index contributed by atoms with van der Waals surface area (Å²) in [4.78, 5) is 35.2. The van der Waals surface area contributed by atoms with E-state index in [1.807, 2.05) is 35.2 Å². The zero-order chi connectivity index (χ0) is 20.5. The average Bonchev–Trinajstić information content (AvgIpc) is 3.07. The van der Waals surface area contributed by atoms with Crippen molar-refractivity contribution in [2.75, 3.05) is 0 Å². The van der Waals surface area contributed by atoms with Gasteiger partial charge in [0.1, 0.15) is 5.69 Å². The van der Waals surface area contributed by atoms with Crippen molar-refractivity contribution in [3.05, 3.63) is 70.4 Å². The summed E-state index contributed by atoms with van der Waals surface area (Å²) in [5.74, 6) is 0.426. The predicted octanol–water partition coefficient (Wildman–Crippen LogP) is 4.37. The van der Waals surface area contributed by atoms with E-state index in [0.717, 1.165) is 24.0 Å². The molecule has 1 amide bonds. The van der Waals surface area contributed by atoms with Crippen molar-refractivity contribution in [3.63, 3.8) is 0 Å². The molecule has 30 heavy (non-hydrogen) atoms. The fraction of sp³-hybridized carbons (Fsp3) is 0.333. The van der Waals surface area contributed by atoms with Crippen LogP contribution in [0.15, 0.2) is 41.2 Å². The molecule has 1 aliphatic heterocycles. The van der Waals surface area contributed by atoms with E-state index in [-0.39, 0.29) is 50.2 Å². The van der Waals surface area contributed by atoms with Crippen LogP contribution in [0.5, 0.6) is 0 Å². The maximum atomic E-state index is 13.1. The second kappa shape index (κ2) is 9.53. The Morgan fingerprint density at radius 1 is 1.20 bits per heavy atom. The molecule has 5 nitrogen and oxygen atoms in total. The molecule has 1 N–H and O–H groups in total. The third kappa shape index (κ3) is 4.15. The van der Waals surface area contributed by atoms with Crippen molar-refractivity contribution < 1.29 is 37.5 Å². The summed E-state index contributed by atoms with van der Waals surface area (Å²) >= 11 is 0. The second-order valence-corrected chi connectivity index (χ2v) is 7.82. The van der Waals surface area contributed by atoms with Crippen LogP contribution in [0.25, 0.3) is 22.3 Å². The van der Waals surface area contributed by atoms with Crippen LogP contribution in [-0.4, -0.2) is 26.8 Å². The van der Waals surface area contributed by atoms with Gasteiger partial charge in [-0.1, -0.05) is 25.5 Å². The van der Waals surface area contributed by atoms with Gasteiger partial charge in [0.2, 0.25) is 0 Å². The standard InChI is InChI=1S/C24H25N3O2.Y/c1-4-5-9-15(2)16(3)27-14-19-17(10-8-11-18(19)24(27)29)22-23(28)26-21-13-7-6-12-20(21)25-22;/h4,6-8,10-11,13,15-16H,5,9,14H2,1-3H3,(H,26,28);/q-2;. The number of unbranched alkanes of at least 4 members (excludes halogenated alkanes) is 1. The zero-order valence-electron chi connectivity index (χ0n) is 17.6. The topological polar surface area (TPSA) is 66.1 Å². The van der Waals surface area contributed by atoms with Crippen molar-refractivity contribution in [3.8, 4) is 11.3 Å². The van der Waals surface area contributed by atoms with E-state index in [1.54, 1.807) is 6.07 Å². The van der Waals surface area contributed by atoms with Crippen molar-refractivity contribution in [2.45, 2.75) is 46.2 Å². The normalized spacial score (nSPS) is 15.0. The fourth-order valence-electron chi connectivity index (χ4n) is 4.03. The minimum absolute atomic E-state index is 0. The van der Waals surface area contributed by atoms with Gasteiger partial charge in [0.05, 0.1) is 0 Å². The molecule has 1 aliphatic rings. The summed E-state index contributed by atoms with van der Waals surface area (Å²) in [6, 6.07) is 14.1. The third-order valence-corrected chi connectivity index (χ3v) is 6.00. The summed E-state index contributed by atoms with van der Waals surface area (Å²) in [7, 11) is 0. The monoisotopic (exact) mass is 476 g/mol. The molecular weight excluding hydrogens is 451 g/mol. The Bertz CT molecular complexity index is 1120. The smallest absolute Gasteiger partial charge is 0.264 e. The molecule has 4 rings (SSSR count). The van der Waals surface area contributed by atoms with Crippen LogP contribution >= 0.6 is 0 Å². The Hall–Kier alpha value is -1.85. The number of aromatic amines is 1. The maximum absolute atomic E-state index is 13.1. The molecule has 0 bridgehead atoms. The number of carbonyl (C=O) groups is 1. The first-order chi connectivity index (χ1) is 14.0. The van der Waals surface area contributed by atoms with Gasteiger partial charge in [-0.2, -0.15) is 31.5 Å². The number of rotatable bonds is 6. The Kier molecular flexibility index (Phi) is 7.25. The summed E-state index contributed by atoms with van der Waals surface area (Å²) < 4.78 is 0. The van der Waals surface area contributed by atoms with E-state index in [1.165, 1.54) is 0 Å². The summed E-state index contributed by atoms with van der Waals surface area (Å²) in [6.07, 6.45) is 4.25. The van der Waals surface area contributed by atoms with E-state index >= 15 is 0 Å². The molecule has 1 aromatic heterocycles. The molecule has 2 atom stereocenters. The number of H-pyrrole nitrogens is 1. The Morgan fingerprint density at radius 2 is 1.97 bits per heavy atom. The first-order valence-electron chi connectivity index (χ1n) is 10.1. The molecule has 0 saturated heterocycles. The summed E-state index contributed by atoms with van der Waals surface area (Å²) in [5, 5.41) is 0. The number of fused-ring (bicyclic) bond motifs is 2. The molecular formula is C24H25N3O2Y-2. The second-order valence-electron chi connectivity index (χ2n) is 7.82. The van der Waals surface area contributed by atoms with Crippen LogP contribution in [0.4, 0.5) is 0 Å². The van der Waals surface area contributed by atoms with Crippen LogP contribution in [0, 0.1) is 18.4 Å². The van der Waals surface area contributed by atoms with E-state index in [0.29, 0.717) is 34.8 Å². The van der Waals surface area contributed by atoms with Gasteiger partial charge < -0.3 is 16.3 Å². The Morgan fingerprint density at radius 3 is 2.73 bits per heavy atom. The van der Waals surface area contributed by atoms with Crippen LogP contribution in [0.1, 0.15) is 49.5 Å². The minimum atomic E-state index is -0.253. The molecule has 0 spiro atoms. The van der Waals surface area contributed by atoms with Gasteiger partial charge in [0.15, 0.2) is 0 Å². The van der Waals surface area contributed by atoms with Crippen LogP contribution < -0.4 is 5.56 Å². The maximum Gasteiger partial charge on any atom is 0.264 e. The van der Waals surface area contributed by atoms with Gasteiger partial charge >= 0.3 is 0 Å². The number of benzene rings is 2. The number of hydrogen-bond acceptors (Lipinski definition) is 3. The number of carbonyl (C=O) groups excluding carboxylic acids is 1. The predicted molar refractivity (Wildman–Crippen MR) is 114 cm³/mol. The molecule has 0 fully saturated rings.